The SMILES string of the molecule is Cc1noc(-c2ccc(OCC3CCC[C@H](C(=O)OC(C)C)C3)cn2)c1CN. The average Bonchev–Trinajstić information content (AvgIpc) is 3.07. The lowest BCUT2D eigenvalue weighted by molar-refractivity contribution is -0.154. The van der Waals surface area contributed by atoms with Crippen molar-refractivity contribution in [3.63, 3.8) is 0 Å². The molecule has 2 atom stereocenters. The standard InChI is InChI=1S/C21H29N3O4/c1-13(2)27-21(25)16-6-4-5-15(9-16)12-26-17-7-8-19(23-11-17)20-18(10-22)14(3)24-28-20/h7-8,11,13,15-16H,4-6,9-10,12,22H2,1-3H3/t15?,16-/m0/s1. The summed E-state index contributed by atoms with van der Waals surface area (Å²) in [5.41, 5.74) is 8.09. The molecule has 0 bridgehead atoms. The first-order valence-electron chi connectivity index (χ1n) is 9.92. The quantitative estimate of drug-likeness (QED) is 0.724. The number of hydrogen-bond donors (Lipinski definition) is 1. The molecule has 0 amide bonds. The fourth-order valence-corrected chi connectivity index (χ4v) is 3.63. The van der Waals surface area contributed by atoms with Crippen molar-refractivity contribution < 1.29 is 18.8 Å². The van der Waals surface area contributed by atoms with Crippen molar-refractivity contribution in [2.75, 3.05) is 6.61 Å². The third kappa shape index (κ3) is 4.90. The number of nitrogens with zero attached hydrogens (tertiary/aromatic N) is 2. The summed E-state index contributed by atoms with van der Waals surface area (Å²) in [5.74, 6) is 1.55. The Morgan fingerprint density at radius 1 is 1.36 bits per heavy atom. The van der Waals surface area contributed by atoms with Crippen LogP contribution in [0.15, 0.2) is 22.9 Å². The maximum absolute atomic E-state index is 12.2. The zero-order valence-corrected chi connectivity index (χ0v) is 16.8. The van der Waals surface area contributed by atoms with Crippen LogP contribution >= 0.6 is 0 Å². The van der Waals surface area contributed by atoms with E-state index < -0.39 is 0 Å². The van der Waals surface area contributed by atoms with Crippen molar-refractivity contribution in [3.05, 3.63) is 29.6 Å². The van der Waals surface area contributed by atoms with Gasteiger partial charge in [-0.3, -0.25) is 4.79 Å². The molecule has 0 spiro atoms. The van der Waals surface area contributed by atoms with Gasteiger partial charge in [-0.1, -0.05) is 11.6 Å². The first-order chi connectivity index (χ1) is 13.5. The lowest BCUT2D eigenvalue weighted by Gasteiger charge is -2.28. The molecule has 1 saturated carbocycles. The smallest absolute Gasteiger partial charge is 0.309 e. The monoisotopic (exact) mass is 387 g/mol. The van der Waals surface area contributed by atoms with Crippen LogP contribution in [0.2, 0.25) is 0 Å². The summed E-state index contributed by atoms with van der Waals surface area (Å²) in [7, 11) is 0. The van der Waals surface area contributed by atoms with Crippen LogP contribution in [-0.4, -0.2) is 28.8 Å². The van der Waals surface area contributed by atoms with Crippen molar-refractivity contribution in [2.45, 2.75) is 59.1 Å². The Morgan fingerprint density at radius 3 is 2.86 bits per heavy atom. The summed E-state index contributed by atoms with van der Waals surface area (Å²) in [6, 6.07) is 3.71. The molecule has 2 N–H and O–H groups in total. The summed E-state index contributed by atoms with van der Waals surface area (Å²) in [4.78, 5) is 16.6. The molecule has 2 aromatic rings. The van der Waals surface area contributed by atoms with Gasteiger partial charge in [0.05, 0.1) is 30.5 Å². The van der Waals surface area contributed by atoms with E-state index >= 15 is 0 Å². The fourth-order valence-electron chi connectivity index (χ4n) is 3.63. The highest BCUT2D eigenvalue weighted by Crippen LogP contribution is 2.31. The Bertz CT molecular complexity index is 785. The molecule has 0 radical (unpaired) electrons. The second-order valence-electron chi connectivity index (χ2n) is 7.69. The molecule has 0 aromatic carbocycles. The molecule has 2 heterocycles. The molecule has 7 heteroatoms. The number of rotatable bonds is 7. The Labute approximate surface area is 165 Å². The second kappa shape index (κ2) is 9.19. The molecular weight excluding hydrogens is 358 g/mol. The van der Waals surface area contributed by atoms with Crippen LogP contribution < -0.4 is 10.5 Å². The van der Waals surface area contributed by atoms with E-state index in [0.29, 0.717) is 36.3 Å². The average molecular weight is 387 g/mol. The van der Waals surface area contributed by atoms with Gasteiger partial charge >= 0.3 is 5.97 Å². The van der Waals surface area contributed by atoms with Gasteiger partial charge in [-0.2, -0.15) is 0 Å². The third-order valence-electron chi connectivity index (χ3n) is 5.11. The Hall–Kier alpha value is -2.41. The van der Waals surface area contributed by atoms with Gasteiger partial charge in [-0.05, 0) is 58.1 Å². The minimum atomic E-state index is -0.0798. The second-order valence-corrected chi connectivity index (χ2v) is 7.69. The van der Waals surface area contributed by atoms with E-state index in [1.807, 2.05) is 32.9 Å². The summed E-state index contributed by atoms with van der Waals surface area (Å²) in [6.07, 6.45) is 5.42. The topological polar surface area (TPSA) is 100 Å². The van der Waals surface area contributed by atoms with E-state index in [-0.39, 0.29) is 18.0 Å². The van der Waals surface area contributed by atoms with Gasteiger partial charge in [0, 0.05) is 12.1 Å². The predicted octanol–water partition coefficient (Wildman–Crippen LogP) is 3.64. The van der Waals surface area contributed by atoms with Crippen molar-refractivity contribution in [3.8, 4) is 17.2 Å². The van der Waals surface area contributed by atoms with Crippen molar-refractivity contribution in [2.24, 2.45) is 17.6 Å². The van der Waals surface area contributed by atoms with E-state index in [0.717, 1.165) is 36.9 Å². The normalized spacial score (nSPS) is 19.6. The maximum atomic E-state index is 12.2. The molecule has 1 fully saturated rings. The van der Waals surface area contributed by atoms with Gasteiger partial charge in [-0.25, -0.2) is 4.98 Å². The lowest BCUT2D eigenvalue weighted by Crippen LogP contribution is -2.29. The van der Waals surface area contributed by atoms with Crippen molar-refractivity contribution in [1.82, 2.24) is 10.1 Å². The summed E-state index contributed by atoms with van der Waals surface area (Å²) >= 11 is 0. The van der Waals surface area contributed by atoms with Crippen LogP contribution in [0.4, 0.5) is 0 Å². The van der Waals surface area contributed by atoms with Gasteiger partial charge in [-0.15, -0.1) is 0 Å². The van der Waals surface area contributed by atoms with E-state index in [1.54, 1.807) is 6.20 Å². The molecule has 2 aromatic heterocycles. The summed E-state index contributed by atoms with van der Waals surface area (Å²) < 4.78 is 16.6. The minimum Gasteiger partial charge on any atom is -0.492 e. The summed E-state index contributed by atoms with van der Waals surface area (Å²) in [5, 5.41) is 3.96. The highest BCUT2D eigenvalue weighted by atomic mass is 16.5. The molecule has 1 aliphatic carbocycles. The highest BCUT2D eigenvalue weighted by molar-refractivity contribution is 5.72. The third-order valence-corrected chi connectivity index (χ3v) is 5.11. The molecular formula is C21H29N3O4. The largest absolute Gasteiger partial charge is 0.492 e. The summed E-state index contributed by atoms with van der Waals surface area (Å²) in [6.45, 7) is 6.55. The number of nitrogens with two attached hydrogens (primary N) is 1. The van der Waals surface area contributed by atoms with Gasteiger partial charge in [0.2, 0.25) is 0 Å². The predicted molar refractivity (Wildman–Crippen MR) is 105 cm³/mol. The van der Waals surface area contributed by atoms with Gasteiger partial charge < -0.3 is 19.7 Å². The molecule has 0 aliphatic heterocycles. The zero-order chi connectivity index (χ0) is 20.1. The van der Waals surface area contributed by atoms with E-state index in [2.05, 4.69) is 10.1 Å². The number of ether oxygens (including phenoxy) is 2. The molecule has 7 nitrogen and oxygen atoms in total. The Morgan fingerprint density at radius 2 is 2.18 bits per heavy atom. The van der Waals surface area contributed by atoms with Crippen LogP contribution in [0.1, 0.15) is 50.8 Å². The van der Waals surface area contributed by atoms with E-state index in [4.69, 9.17) is 19.7 Å². The van der Waals surface area contributed by atoms with Crippen LogP contribution in [0, 0.1) is 18.8 Å². The number of aromatic nitrogens is 2. The zero-order valence-electron chi connectivity index (χ0n) is 16.8. The lowest BCUT2D eigenvalue weighted by atomic mass is 9.82. The highest BCUT2D eigenvalue weighted by Gasteiger charge is 2.29. The van der Waals surface area contributed by atoms with Crippen LogP contribution in [0.3, 0.4) is 0 Å². The Balaban J connectivity index is 1.55. The van der Waals surface area contributed by atoms with Crippen LogP contribution in [0.5, 0.6) is 5.75 Å². The number of hydrogen-bond acceptors (Lipinski definition) is 7. The van der Waals surface area contributed by atoms with Gasteiger partial charge in [0.15, 0.2) is 5.76 Å². The van der Waals surface area contributed by atoms with E-state index in [1.165, 1.54) is 0 Å². The molecule has 3 rings (SSSR count). The molecule has 28 heavy (non-hydrogen) atoms. The number of pyridine rings is 1. The van der Waals surface area contributed by atoms with E-state index in [9.17, 15) is 4.79 Å². The maximum Gasteiger partial charge on any atom is 0.309 e. The molecule has 1 aliphatic rings. The number of aryl methyl sites for hydroxylation is 1. The van der Waals surface area contributed by atoms with Gasteiger partial charge in [0.1, 0.15) is 11.4 Å². The van der Waals surface area contributed by atoms with Crippen molar-refractivity contribution in [1.29, 1.82) is 0 Å². The first-order valence-corrected chi connectivity index (χ1v) is 9.92. The fraction of sp³-hybridized carbons (Fsp3) is 0.571. The van der Waals surface area contributed by atoms with Gasteiger partial charge in [0.25, 0.3) is 0 Å². The number of carbonyl (C=O) groups excluding carboxylic acids is 1. The van der Waals surface area contributed by atoms with Crippen LogP contribution in [-0.2, 0) is 16.1 Å². The molecule has 1 unspecified atom stereocenters. The number of carbonyl (C=O) groups is 1. The molecule has 0 saturated heterocycles. The number of esters is 1. The minimum absolute atomic E-state index is 0.0189. The first kappa shape index (κ1) is 20.3. The molecule has 152 valence electrons. The van der Waals surface area contributed by atoms with Crippen molar-refractivity contribution >= 4 is 5.97 Å². The van der Waals surface area contributed by atoms with Crippen LogP contribution in [0.25, 0.3) is 11.5 Å². The Kier molecular flexibility index (Phi) is 6.67.